The van der Waals surface area contributed by atoms with Gasteiger partial charge in [0.1, 0.15) is 6.04 Å². The fraction of sp³-hybridized carbons (Fsp3) is 0.846. The number of carbonyl (C=O) groups excluding carboxylic acids is 2. The first-order valence-electron chi connectivity index (χ1n) is 6.77. The lowest BCUT2D eigenvalue weighted by atomic mass is 10.1. The Bertz CT molecular complexity index is 258. The average molecular weight is 240 g/mol. The van der Waals surface area contributed by atoms with Gasteiger partial charge in [-0.05, 0) is 19.3 Å². The van der Waals surface area contributed by atoms with Gasteiger partial charge in [0, 0.05) is 19.5 Å². The van der Waals surface area contributed by atoms with Crippen LogP contribution in [0.5, 0.6) is 0 Å². The molecule has 1 aliphatic rings. The monoisotopic (exact) mass is 240 g/mol. The second-order valence-electron chi connectivity index (χ2n) is 4.69. The highest BCUT2D eigenvalue weighted by Crippen LogP contribution is 2.11. The Morgan fingerprint density at radius 1 is 1.29 bits per heavy atom. The highest BCUT2D eigenvalue weighted by Gasteiger charge is 2.30. The maximum atomic E-state index is 12.2. The van der Waals surface area contributed by atoms with E-state index in [1.807, 2.05) is 4.90 Å². The molecule has 0 saturated carbocycles. The Kier molecular flexibility index (Phi) is 6.01. The molecule has 4 heteroatoms. The van der Waals surface area contributed by atoms with Crippen LogP contribution in [-0.2, 0) is 9.59 Å². The molecular formula is C13H24N2O2. The van der Waals surface area contributed by atoms with E-state index < -0.39 is 0 Å². The van der Waals surface area contributed by atoms with Crippen LogP contribution in [0.2, 0.25) is 0 Å². The molecule has 4 nitrogen and oxygen atoms in total. The van der Waals surface area contributed by atoms with E-state index in [1.54, 1.807) is 0 Å². The summed E-state index contributed by atoms with van der Waals surface area (Å²) in [6.07, 6.45) is 5.41. The van der Waals surface area contributed by atoms with Crippen molar-refractivity contribution < 1.29 is 9.59 Å². The normalized spacial score (nSPS) is 19.2. The van der Waals surface area contributed by atoms with Crippen molar-refractivity contribution >= 4 is 11.8 Å². The third-order valence-corrected chi connectivity index (χ3v) is 3.17. The molecule has 1 fully saturated rings. The maximum Gasteiger partial charge on any atom is 0.245 e. The van der Waals surface area contributed by atoms with Crippen LogP contribution < -0.4 is 5.32 Å². The Morgan fingerprint density at radius 3 is 2.29 bits per heavy atom. The molecule has 1 N–H and O–H groups in total. The molecule has 0 bridgehead atoms. The van der Waals surface area contributed by atoms with Crippen LogP contribution in [0.1, 0.15) is 52.4 Å². The van der Waals surface area contributed by atoms with Crippen LogP contribution in [-0.4, -0.2) is 35.8 Å². The van der Waals surface area contributed by atoms with Gasteiger partial charge in [-0.2, -0.15) is 0 Å². The number of hydrogen-bond donors (Lipinski definition) is 1. The van der Waals surface area contributed by atoms with Gasteiger partial charge in [-0.1, -0.05) is 26.7 Å². The van der Waals surface area contributed by atoms with Gasteiger partial charge >= 0.3 is 0 Å². The quantitative estimate of drug-likeness (QED) is 0.736. The van der Waals surface area contributed by atoms with Crippen molar-refractivity contribution in [1.29, 1.82) is 0 Å². The molecule has 1 aliphatic heterocycles. The number of rotatable bonds is 7. The summed E-state index contributed by atoms with van der Waals surface area (Å²) in [7, 11) is 0. The van der Waals surface area contributed by atoms with Crippen molar-refractivity contribution in [2.75, 3.05) is 13.1 Å². The summed E-state index contributed by atoms with van der Waals surface area (Å²) in [5.74, 6) is 0.118. The van der Waals surface area contributed by atoms with Gasteiger partial charge in [0.05, 0.1) is 0 Å². The Labute approximate surface area is 104 Å². The average Bonchev–Trinajstić information content (AvgIpc) is 2.75. The molecule has 1 heterocycles. The molecule has 98 valence electrons. The predicted molar refractivity (Wildman–Crippen MR) is 67.6 cm³/mol. The predicted octanol–water partition coefficient (Wildman–Crippen LogP) is 1.69. The maximum absolute atomic E-state index is 12.2. The fourth-order valence-electron chi connectivity index (χ4n) is 2.05. The minimum Gasteiger partial charge on any atom is -0.344 e. The minimum absolute atomic E-state index is 0.00860. The van der Waals surface area contributed by atoms with Crippen LogP contribution in [0.4, 0.5) is 0 Å². The van der Waals surface area contributed by atoms with Crippen molar-refractivity contribution in [3.8, 4) is 0 Å². The Balaban J connectivity index is 2.48. The van der Waals surface area contributed by atoms with Crippen LogP contribution in [0.15, 0.2) is 0 Å². The van der Waals surface area contributed by atoms with E-state index in [0.717, 1.165) is 38.8 Å². The van der Waals surface area contributed by atoms with E-state index in [2.05, 4.69) is 19.2 Å². The summed E-state index contributed by atoms with van der Waals surface area (Å²) in [5.41, 5.74) is 0. The second-order valence-corrected chi connectivity index (χ2v) is 4.69. The molecule has 1 unspecified atom stereocenters. The highest BCUT2D eigenvalue weighted by molar-refractivity contribution is 5.90. The minimum atomic E-state index is -0.267. The van der Waals surface area contributed by atoms with Crippen molar-refractivity contribution in [3.63, 3.8) is 0 Å². The molecule has 1 rings (SSSR count). The largest absolute Gasteiger partial charge is 0.344 e. The zero-order valence-electron chi connectivity index (χ0n) is 11.0. The number of unbranched alkanes of at least 4 members (excludes halogenated alkanes) is 2. The van der Waals surface area contributed by atoms with Crippen molar-refractivity contribution in [1.82, 2.24) is 10.2 Å². The molecular weight excluding hydrogens is 216 g/mol. The number of carbonyl (C=O) groups is 2. The number of nitrogens with one attached hydrogen (secondary N) is 1. The summed E-state index contributed by atoms with van der Waals surface area (Å²) in [5, 5.41) is 2.76. The summed E-state index contributed by atoms with van der Waals surface area (Å²) in [6.45, 7) is 5.89. The second kappa shape index (κ2) is 7.30. The molecule has 1 saturated heterocycles. The summed E-state index contributed by atoms with van der Waals surface area (Å²) >= 11 is 0. The van der Waals surface area contributed by atoms with E-state index in [1.165, 1.54) is 0 Å². The fourth-order valence-corrected chi connectivity index (χ4v) is 2.05. The van der Waals surface area contributed by atoms with Crippen LogP contribution in [0.3, 0.4) is 0 Å². The Morgan fingerprint density at radius 2 is 1.88 bits per heavy atom. The highest BCUT2D eigenvalue weighted by atomic mass is 16.2. The van der Waals surface area contributed by atoms with Crippen molar-refractivity contribution in [2.24, 2.45) is 0 Å². The number of amides is 2. The molecule has 0 radical (unpaired) electrons. The summed E-state index contributed by atoms with van der Waals surface area (Å²) in [4.78, 5) is 25.3. The van der Waals surface area contributed by atoms with E-state index in [-0.39, 0.29) is 17.9 Å². The van der Waals surface area contributed by atoms with Gasteiger partial charge in [0.2, 0.25) is 11.8 Å². The van der Waals surface area contributed by atoms with Gasteiger partial charge < -0.3 is 10.2 Å². The topological polar surface area (TPSA) is 49.4 Å². The van der Waals surface area contributed by atoms with E-state index in [4.69, 9.17) is 0 Å². The Hall–Kier alpha value is -1.06. The first-order chi connectivity index (χ1) is 8.19. The van der Waals surface area contributed by atoms with Crippen LogP contribution in [0.25, 0.3) is 0 Å². The van der Waals surface area contributed by atoms with Gasteiger partial charge in [0.15, 0.2) is 0 Å². The lowest BCUT2D eigenvalue weighted by Gasteiger charge is -2.25. The van der Waals surface area contributed by atoms with Crippen LogP contribution in [0, 0.1) is 0 Å². The lowest BCUT2D eigenvalue weighted by molar-refractivity contribution is -0.134. The van der Waals surface area contributed by atoms with Crippen molar-refractivity contribution in [3.05, 3.63) is 0 Å². The molecule has 1 atom stereocenters. The van der Waals surface area contributed by atoms with E-state index in [9.17, 15) is 9.59 Å². The molecule has 0 spiro atoms. The van der Waals surface area contributed by atoms with Gasteiger partial charge in [0.25, 0.3) is 0 Å². The van der Waals surface area contributed by atoms with Gasteiger partial charge in [-0.3, -0.25) is 9.59 Å². The molecule has 17 heavy (non-hydrogen) atoms. The smallest absolute Gasteiger partial charge is 0.245 e. The van der Waals surface area contributed by atoms with Gasteiger partial charge in [-0.15, -0.1) is 0 Å². The molecule has 2 amide bonds. The third kappa shape index (κ3) is 4.36. The lowest BCUT2D eigenvalue weighted by Crippen LogP contribution is -2.45. The van der Waals surface area contributed by atoms with Crippen LogP contribution >= 0.6 is 0 Å². The van der Waals surface area contributed by atoms with E-state index in [0.29, 0.717) is 12.8 Å². The number of nitrogens with zero attached hydrogens (tertiary/aromatic N) is 1. The summed E-state index contributed by atoms with van der Waals surface area (Å²) in [6, 6.07) is -0.267. The molecule has 0 aromatic heterocycles. The molecule has 0 aromatic carbocycles. The SMILES string of the molecule is CCCCN(CCCC)C(=O)C1CCC(=O)N1. The number of hydrogen-bond acceptors (Lipinski definition) is 2. The van der Waals surface area contributed by atoms with E-state index >= 15 is 0 Å². The molecule has 0 aliphatic carbocycles. The summed E-state index contributed by atoms with van der Waals surface area (Å²) < 4.78 is 0. The first kappa shape index (κ1) is 14.0. The standard InChI is InChI=1S/C13H24N2O2/c1-3-5-9-15(10-6-4-2)13(17)11-7-8-12(16)14-11/h11H,3-10H2,1-2H3,(H,14,16). The zero-order valence-corrected chi connectivity index (χ0v) is 11.0. The van der Waals surface area contributed by atoms with Gasteiger partial charge in [-0.25, -0.2) is 0 Å². The first-order valence-corrected chi connectivity index (χ1v) is 6.77. The third-order valence-electron chi connectivity index (χ3n) is 3.17. The molecule has 0 aromatic rings. The zero-order chi connectivity index (χ0) is 12.7. The van der Waals surface area contributed by atoms with Crippen molar-refractivity contribution in [2.45, 2.75) is 58.4 Å².